The van der Waals surface area contributed by atoms with E-state index in [1.54, 1.807) is 24.1 Å². The van der Waals surface area contributed by atoms with E-state index in [4.69, 9.17) is 6.57 Å². The first-order chi connectivity index (χ1) is 11.6. The summed E-state index contributed by atoms with van der Waals surface area (Å²) in [6, 6.07) is 7.44. The van der Waals surface area contributed by atoms with Gasteiger partial charge in [0.05, 0.1) is 12.9 Å². The van der Waals surface area contributed by atoms with Gasteiger partial charge in [-0.25, -0.2) is 14.6 Å². The third kappa shape index (κ3) is 2.36. The molecule has 6 heteroatoms. The van der Waals surface area contributed by atoms with E-state index < -0.39 is 5.97 Å². The lowest BCUT2D eigenvalue weighted by Gasteiger charge is -2.07. The van der Waals surface area contributed by atoms with Crippen molar-refractivity contribution < 1.29 is 9.90 Å². The van der Waals surface area contributed by atoms with Crippen LogP contribution in [0, 0.1) is 6.57 Å². The first kappa shape index (κ1) is 15.6. The van der Waals surface area contributed by atoms with Crippen LogP contribution in [0.25, 0.3) is 21.7 Å². The van der Waals surface area contributed by atoms with E-state index in [1.165, 1.54) is 0 Å². The lowest BCUT2D eigenvalue weighted by Crippen LogP contribution is -2.07. The van der Waals surface area contributed by atoms with Gasteiger partial charge in [0.2, 0.25) is 5.69 Å². The Morgan fingerprint density at radius 2 is 2.04 bits per heavy atom. The molecule has 6 nitrogen and oxygen atoms in total. The predicted molar refractivity (Wildman–Crippen MR) is 90.6 cm³/mol. The summed E-state index contributed by atoms with van der Waals surface area (Å²) in [5, 5.41) is 9.61. The van der Waals surface area contributed by atoms with Crippen molar-refractivity contribution in [2.45, 2.75) is 13.3 Å². The minimum atomic E-state index is -1.03. The summed E-state index contributed by atoms with van der Waals surface area (Å²) >= 11 is 0. The lowest BCUT2D eigenvalue weighted by molar-refractivity contribution is 0.0687. The van der Waals surface area contributed by atoms with Gasteiger partial charge in [0.25, 0.3) is 0 Å². The van der Waals surface area contributed by atoms with E-state index in [9.17, 15) is 9.90 Å². The van der Waals surface area contributed by atoms with Crippen LogP contribution in [0.5, 0.6) is 0 Å². The van der Waals surface area contributed by atoms with Crippen molar-refractivity contribution in [3.63, 3.8) is 0 Å². The molecule has 0 amide bonds. The number of carbonyl (C=O) groups is 1. The third-order valence-corrected chi connectivity index (χ3v) is 4.10. The van der Waals surface area contributed by atoms with Crippen LogP contribution < -0.4 is 0 Å². The smallest absolute Gasteiger partial charge is 0.351 e. The molecule has 0 saturated carbocycles. The normalized spacial score (nSPS) is 10.5. The molecule has 3 rings (SSSR count). The zero-order valence-electron chi connectivity index (χ0n) is 13.4. The SMILES string of the molecule is [C-]#[N+]c1c(-c2ccc(-n3ccnc3)cc2)c(C(=O)O)n(C)c1CC. The second kappa shape index (κ2) is 6.05. The number of aromatic nitrogens is 3. The number of rotatable bonds is 4. The van der Waals surface area contributed by atoms with Gasteiger partial charge in [-0.1, -0.05) is 19.1 Å². The topological polar surface area (TPSA) is 64.4 Å². The number of imidazole rings is 1. The van der Waals surface area contributed by atoms with Gasteiger partial charge >= 0.3 is 5.97 Å². The fraction of sp³-hybridized carbons (Fsp3) is 0.167. The fourth-order valence-electron chi connectivity index (χ4n) is 2.98. The van der Waals surface area contributed by atoms with E-state index in [0.717, 1.165) is 16.9 Å². The molecule has 0 aliphatic rings. The monoisotopic (exact) mass is 320 g/mol. The summed E-state index contributed by atoms with van der Waals surface area (Å²) in [5.74, 6) is -1.03. The number of hydrogen-bond donors (Lipinski definition) is 1. The second-order valence-electron chi connectivity index (χ2n) is 5.37. The van der Waals surface area contributed by atoms with Gasteiger partial charge in [-0.05, 0) is 24.1 Å². The summed E-state index contributed by atoms with van der Waals surface area (Å²) in [6.45, 7) is 9.41. The molecule has 24 heavy (non-hydrogen) atoms. The van der Waals surface area contributed by atoms with Crippen LogP contribution in [0.1, 0.15) is 23.1 Å². The van der Waals surface area contributed by atoms with Gasteiger partial charge in [-0.3, -0.25) is 0 Å². The van der Waals surface area contributed by atoms with Crippen molar-refractivity contribution in [2.24, 2.45) is 7.05 Å². The third-order valence-electron chi connectivity index (χ3n) is 4.10. The molecular weight excluding hydrogens is 304 g/mol. The van der Waals surface area contributed by atoms with Crippen LogP contribution in [0.4, 0.5) is 5.69 Å². The molecular formula is C18H16N4O2. The Morgan fingerprint density at radius 1 is 1.33 bits per heavy atom. The molecule has 0 atom stereocenters. The van der Waals surface area contributed by atoms with Gasteiger partial charge in [0, 0.05) is 36.4 Å². The average Bonchev–Trinajstić information content (AvgIpc) is 3.20. The quantitative estimate of drug-likeness (QED) is 0.746. The van der Waals surface area contributed by atoms with Crippen LogP contribution in [0.2, 0.25) is 0 Å². The summed E-state index contributed by atoms with van der Waals surface area (Å²) in [7, 11) is 1.69. The minimum absolute atomic E-state index is 0.147. The molecule has 0 spiro atoms. The molecule has 0 bridgehead atoms. The highest BCUT2D eigenvalue weighted by atomic mass is 16.4. The molecule has 1 aromatic carbocycles. The van der Waals surface area contributed by atoms with Crippen LogP contribution in [0.15, 0.2) is 43.0 Å². The Balaban J connectivity index is 2.19. The van der Waals surface area contributed by atoms with E-state index in [2.05, 4.69) is 9.83 Å². The summed E-state index contributed by atoms with van der Waals surface area (Å²) in [4.78, 5) is 19.3. The lowest BCUT2D eigenvalue weighted by atomic mass is 10.0. The van der Waals surface area contributed by atoms with E-state index in [-0.39, 0.29) is 5.69 Å². The molecule has 0 aliphatic carbocycles. The number of benzene rings is 1. The Morgan fingerprint density at radius 3 is 2.54 bits per heavy atom. The molecule has 2 aromatic heterocycles. The molecule has 120 valence electrons. The number of nitrogens with zero attached hydrogens (tertiary/aromatic N) is 4. The summed E-state index contributed by atoms with van der Waals surface area (Å²) in [5.41, 5.74) is 3.41. The fourth-order valence-corrected chi connectivity index (χ4v) is 2.98. The Bertz CT molecular complexity index is 929. The zero-order chi connectivity index (χ0) is 17.3. The highest BCUT2D eigenvalue weighted by molar-refractivity contribution is 6.00. The predicted octanol–water partition coefficient (Wildman–Crippen LogP) is 3.69. The van der Waals surface area contributed by atoms with E-state index in [1.807, 2.05) is 42.0 Å². The first-order valence-corrected chi connectivity index (χ1v) is 7.49. The van der Waals surface area contributed by atoms with Crippen molar-refractivity contribution >= 4 is 11.7 Å². The second-order valence-corrected chi connectivity index (χ2v) is 5.37. The molecule has 1 N–H and O–H groups in total. The van der Waals surface area contributed by atoms with Crippen LogP contribution in [-0.4, -0.2) is 25.2 Å². The maximum Gasteiger partial charge on any atom is 0.351 e. The minimum Gasteiger partial charge on any atom is -0.477 e. The van der Waals surface area contributed by atoms with Gasteiger partial charge in [0.15, 0.2) is 0 Å². The van der Waals surface area contributed by atoms with Gasteiger partial charge in [-0.2, -0.15) is 0 Å². The molecule has 0 aliphatic heterocycles. The highest BCUT2D eigenvalue weighted by Crippen LogP contribution is 2.39. The average molecular weight is 320 g/mol. The van der Waals surface area contributed by atoms with Crippen molar-refractivity contribution in [3.8, 4) is 16.8 Å². The van der Waals surface area contributed by atoms with Gasteiger partial charge < -0.3 is 14.2 Å². The molecule has 3 aromatic rings. The zero-order valence-corrected chi connectivity index (χ0v) is 13.4. The van der Waals surface area contributed by atoms with Gasteiger partial charge in [0.1, 0.15) is 5.69 Å². The standard InChI is InChI=1S/C18H16N4O2/c1-4-14-16(19-2)15(17(18(23)24)21(14)3)12-5-7-13(8-6-12)22-10-9-20-11-22/h5-11H,4H2,1,3H3,(H,23,24). The molecule has 0 fully saturated rings. The van der Waals surface area contributed by atoms with Crippen LogP contribution in [-0.2, 0) is 13.5 Å². The maximum absolute atomic E-state index is 11.7. The van der Waals surface area contributed by atoms with Crippen molar-refractivity contribution in [3.05, 3.63) is 65.8 Å². The van der Waals surface area contributed by atoms with E-state index >= 15 is 0 Å². The number of aromatic carboxylic acids is 1. The molecule has 0 saturated heterocycles. The first-order valence-electron chi connectivity index (χ1n) is 7.49. The Hall–Kier alpha value is -3.33. The van der Waals surface area contributed by atoms with E-state index in [0.29, 0.717) is 17.7 Å². The van der Waals surface area contributed by atoms with Crippen molar-refractivity contribution in [1.29, 1.82) is 0 Å². The maximum atomic E-state index is 11.7. The Labute approximate surface area is 139 Å². The molecule has 0 unspecified atom stereocenters. The molecule has 0 radical (unpaired) electrons. The van der Waals surface area contributed by atoms with Crippen LogP contribution >= 0.6 is 0 Å². The molecule has 2 heterocycles. The van der Waals surface area contributed by atoms with Crippen molar-refractivity contribution in [2.75, 3.05) is 0 Å². The number of carboxylic acids is 1. The largest absolute Gasteiger partial charge is 0.477 e. The number of hydrogen-bond acceptors (Lipinski definition) is 2. The summed E-state index contributed by atoms with van der Waals surface area (Å²) < 4.78 is 3.47. The number of carboxylic acid groups (broad SMARTS) is 1. The van der Waals surface area contributed by atoms with Crippen molar-refractivity contribution in [1.82, 2.24) is 14.1 Å². The van der Waals surface area contributed by atoms with Crippen LogP contribution in [0.3, 0.4) is 0 Å². The highest BCUT2D eigenvalue weighted by Gasteiger charge is 2.25. The Kier molecular flexibility index (Phi) is 3.92. The van der Waals surface area contributed by atoms with Gasteiger partial charge in [-0.15, -0.1) is 0 Å². The summed E-state index contributed by atoms with van der Waals surface area (Å²) in [6.07, 6.45) is 5.82.